The molecule has 0 aromatic heterocycles. The quantitative estimate of drug-likeness (QED) is 0.0261. The number of hydrogen-bond acceptors (Lipinski definition) is 6. The number of esters is 3. The van der Waals surface area contributed by atoms with Gasteiger partial charge in [-0.25, -0.2) is 0 Å². The van der Waals surface area contributed by atoms with Crippen LogP contribution in [0.15, 0.2) is 60.8 Å². The van der Waals surface area contributed by atoms with Crippen molar-refractivity contribution in [1.82, 2.24) is 0 Å². The van der Waals surface area contributed by atoms with Crippen molar-refractivity contribution in [2.24, 2.45) is 0 Å². The molecule has 6 heteroatoms. The Hall–Kier alpha value is -2.89. The van der Waals surface area contributed by atoms with Crippen LogP contribution in [0, 0.1) is 0 Å². The topological polar surface area (TPSA) is 78.9 Å². The molecule has 0 heterocycles. The molecule has 0 aliphatic rings. The molecule has 1 atom stereocenters. The molecule has 0 aromatic carbocycles. The zero-order chi connectivity index (χ0) is 57.1. The Balaban J connectivity index is 4.03. The normalized spacial score (nSPS) is 12.4. The SMILES string of the molecule is CC/C=C\C/C=C\C/C=C\C/C=C\C/C=C\CCCCCCCCCCCCCCCCCC(=O)OCC(COC(=O)CCCCCCCCC)OC(=O)CCCCCCCCCCCCCCCCCCCCCCCCC. The molecule has 0 rings (SSSR count). The number of carbonyl (C=O) groups is 3. The van der Waals surface area contributed by atoms with E-state index in [4.69, 9.17) is 14.2 Å². The Bertz CT molecular complexity index is 1410. The average molecular weight is 1110 g/mol. The summed E-state index contributed by atoms with van der Waals surface area (Å²) in [5.74, 6) is -0.851. The number of unbranched alkanes of at least 4 members (excludes halogenated alkanes) is 43. The van der Waals surface area contributed by atoms with E-state index in [2.05, 4.69) is 81.5 Å². The predicted molar refractivity (Wildman–Crippen MR) is 344 cm³/mol. The highest BCUT2D eigenvalue weighted by molar-refractivity contribution is 5.71. The van der Waals surface area contributed by atoms with Gasteiger partial charge in [0.25, 0.3) is 0 Å². The summed E-state index contributed by atoms with van der Waals surface area (Å²) in [6.45, 7) is 6.54. The fourth-order valence-electron chi connectivity index (χ4n) is 10.4. The zero-order valence-corrected chi connectivity index (χ0v) is 52.9. The third kappa shape index (κ3) is 65.8. The molecule has 0 saturated heterocycles. The minimum atomic E-state index is -0.768. The van der Waals surface area contributed by atoms with E-state index < -0.39 is 6.10 Å². The van der Waals surface area contributed by atoms with Crippen molar-refractivity contribution in [2.75, 3.05) is 13.2 Å². The maximum absolute atomic E-state index is 12.9. The summed E-state index contributed by atoms with van der Waals surface area (Å²) in [5, 5.41) is 0. The molecule has 0 radical (unpaired) electrons. The van der Waals surface area contributed by atoms with Crippen molar-refractivity contribution >= 4 is 17.9 Å². The van der Waals surface area contributed by atoms with Crippen LogP contribution in [-0.2, 0) is 28.6 Å². The van der Waals surface area contributed by atoms with Crippen molar-refractivity contribution in [3.05, 3.63) is 60.8 Å². The number of allylic oxidation sites excluding steroid dienone is 10. The second-order valence-corrected chi connectivity index (χ2v) is 23.4. The fraction of sp³-hybridized carbons (Fsp3) is 0.822. The van der Waals surface area contributed by atoms with Crippen LogP contribution in [-0.4, -0.2) is 37.2 Å². The molecule has 0 aliphatic heterocycles. The van der Waals surface area contributed by atoms with Crippen molar-refractivity contribution in [3.63, 3.8) is 0 Å². The van der Waals surface area contributed by atoms with Crippen LogP contribution in [0.5, 0.6) is 0 Å². The molecule has 79 heavy (non-hydrogen) atoms. The molecule has 0 amide bonds. The molecule has 0 saturated carbocycles. The van der Waals surface area contributed by atoms with Gasteiger partial charge in [-0.3, -0.25) is 14.4 Å². The zero-order valence-electron chi connectivity index (χ0n) is 52.9. The molecule has 0 N–H and O–H groups in total. The monoisotopic (exact) mass is 1110 g/mol. The summed E-state index contributed by atoms with van der Waals surface area (Å²) in [6, 6.07) is 0. The Morgan fingerprint density at radius 1 is 0.266 bits per heavy atom. The van der Waals surface area contributed by atoms with Crippen LogP contribution in [0.3, 0.4) is 0 Å². The smallest absolute Gasteiger partial charge is 0.306 e. The summed E-state index contributed by atoms with van der Waals surface area (Å²) in [6.07, 6.45) is 87.1. The van der Waals surface area contributed by atoms with Crippen molar-refractivity contribution < 1.29 is 28.6 Å². The maximum Gasteiger partial charge on any atom is 0.306 e. The lowest BCUT2D eigenvalue weighted by molar-refractivity contribution is -0.167. The van der Waals surface area contributed by atoms with E-state index in [1.165, 1.54) is 238 Å². The predicted octanol–water partition coefficient (Wildman–Crippen LogP) is 23.9. The number of hydrogen-bond donors (Lipinski definition) is 0. The van der Waals surface area contributed by atoms with Crippen LogP contribution in [0.2, 0.25) is 0 Å². The van der Waals surface area contributed by atoms with E-state index in [9.17, 15) is 14.4 Å². The lowest BCUT2D eigenvalue weighted by Gasteiger charge is -2.18. The van der Waals surface area contributed by atoms with Gasteiger partial charge in [0.1, 0.15) is 13.2 Å². The highest BCUT2D eigenvalue weighted by Crippen LogP contribution is 2.18. The highest BCUT2D eigenvalue weighted by Gasteiger charge is 2.19. The molecular weight excluding hydrogens is 973 g/mol. The minimum absolute atomic E-state index is 0.0682. The molecule has 0 fully saturated rings. The largest absolute Gasteiger partial charge is 0.462 e. The molecular formula is C73H132O6. The summed E-state index contributed by atoms with van der Waals surface area (Å²) < 4.78 is 16.9. The second-order valence-electron chi connectivity index (χ2n) is 23.4. The molecule has 0 spiro atoms. The van der Waals surface area contributed by atoms with Gasteiger partial charge in [-0.05, 0) is 64.2 Å². The van der Waals surface area contributed by atoms with Gasteiger partial charge in [0, 0.05) is 19.3 Å². The van der Waals surface area contributed by atoms with Crippen LogP contribution >= 0.6 is 0 Å². The van der Waals surface area contributed by atoms with Gasteiger partial charge in [-0.1, -0.05) is 345 Å². The first-order valence-electron chi connectivity index (χ1n) is 34.8. The van der Waals surface area contributed by atoms with Crippen molar-refractivity contribution in [2.45, 2.75) is 374 Å². The summed E-state index contributed by atoms with van der Waals surface area (Å²) in [7, 11) is 0. The number of rotatable bonds is 64. The summed E-state index contributed by atoms with van der Waals surface area (Å²) in [5.41, 5.74) is 0. The fourth-order valence-corrected chi connectivity index (χ4v) is 10.4. The van der Waals surface area contributed by atoms with Gasteiger partial charge < -0.3 is 14.2 Å². The minimum Gasteiger partial charge on any atom is -0.462 e. The molecule has 6 nitrogen and oxygen atoms in total. The van der Waals surface area contributed by atoms with E-state index in [0.29, 0.717) is 19.3 Å². The third-order valence-corrected chi connectivity index (χ3v) is 15.5. The van der Waals surface area contributed by atoms with E-state index in [1.807, 2.05) is 0 Å². The lowest BCUT2D eigenvalue weighted by Crippen LogP contribution is -2.30. The van der Waals surface area contributed by atoms with Crippen LogP contribution < -0.4 is 0 Å². The van der Waals surface area contributed by atoms with Gasteiger partial charge in [0.15, 0.2) is 6.10 Å². The Labute approximate surface area is 491 Å². The van der Waals surface area contributed by atoms with E-state index in [-0.39, 0.29) is 31.1 Å². The van der Waals surface area contributed by atoms with Gasteiger partial charge in [0.05, 0.1) is 0 Å². The van der Waals surface area contributed by atoms with Gasteiger partial charge in [-0.15, -0.1) is 0 Å². The number of ether oxygens (including phenoxy) is 3. The molecule has 0 aromatic rings. The van der Waals surface area contributed by atoms with Gasteiger partial charge in [0.2, 0.25) is 0 Å². The maximum atomic E-state index is 12.9. The Kier molecular flexibility index (Phi) is 65.1. The van der Waals surface area contributed by atoms with E-state index in [1.54, 1.807) is 0 Å². The summed E-state index contributed by atoms with van der Waals surface area (Å²) in [4.78, 5) is 38.2. The first-order valence-corrected chi connectivity index (χ1v) is 34.8. The second kappa shape index (κ2) is 67.6. The standard InChI is InChI=1S/C73H132O6/c1-4-7-10-13-16-18-20-22-24-26-28-30-32-33-34-35-36-37-38-39-41-42-44-46-48-50-52-54-57-60-63-66-72(75)78-69-70(68-77-71(74)65-62-59-56-15-12-9-6-3)79-73(76)67-64-61-58-55-53-51-49-47-45-43-40-31-29-27-25-23-21-19-17-14-11-8-5-2/h7,10,16,18,22,24,28,30,33-34,70H,4-6,8-9,11-15,17,19-21,23,25-27,29,31-32,35-69H2,1-3H3/b10-7-,18-16-,24-22-,30-28-,34-33-. The Morgan fingerprint density at radius 2 is 0.494 bits per heavy atom. The van der Waals surface area contributed by atoms with Crippen LogP contribution in [0.25, 0.3) is 0 Å². The Morgan fingerprint density at radius 3 is 0.772 bits per heavy atom. The van der Waals surface area contributed by atoms with E-state index >= 15 is 0 Å². The first-order chi connectivity index (χ1) is 39.0. The van der Waals surface area contributed by atoms with Crippen molar-refractivity contribution in [1.29, 1.82) is 0 Å². The summed E-state index contributed by atoms with van der Waals surface area (Å²) >= 11 is 0. The van der Waals surface area contributed by atoms with Crippen LogP contribution in [0.1, 0.15) is 367 Å². The molecule has 1 unspecified atom stereocenters. The van der Waals surface area contributed by atoms with Crippen molar-refractivity contribution in [3.8, 4) is 0 Å². The van der Waals surface area contributed by atoms with Crippen LogP contribution in [0.4, 0.5) is 0 Å². The molecule has 0 aliphatic carbocycles. The van der Waals surface area contributed by atoms with Gasteiger partial charge >= 0.3 is 17.9 Å². The first kappa shape index (κ1) is 76.1. The van der Waals surface area contributed by atoms with Gasteiger partial charge in [-0.2, -0.15) is 0 Å². The highest BCUT2D eigenvalue weighted by atomic mass is 16.6. The lowest BCUT2D eigenvalue weighted by atomic mass is 10.0. The average Bonchev–Trinajstić information content (AvgIpc) is 3.45. The molecule has 0 bridgehead atoms. The molecule has 460 valence electrons. The third-order valence-electron chi connectivity index (χ3n) is 15.5. The number of carbonyl (C=O) groups excluding carboxylic acids is 3. The van der Waals surface area contributed by atoms with E-state index in [0.717, 1.165) is 89.9 Å².